The van der Waals surface area contributed by atoms with Gasteiger partial charge >= 0.3 is 0 Å². The number of aliphatic hydroxyl groups excluding tert-OH is 3. The second-order valence-electron chi connectivity index (χ2n) is 11.7. The molecule has 7 N–H and O–H groups in total. The average molecular weight is 527 g/mol. The number of nitrogens with zero attached hydrogens (tertiary/aromatic N) is 1. The largest absolute Gasteiger partial charge is 0.510 e. The Morgan fingerprint density at radius 1 is 1.11 bits per heavy atom. The Labute approximate surface area is 220 Å². The number of rotatable bonds is 3. The van der Waals surface area contributed by atoms with E-state index < -0.39 is 75.6 Å². The molecule has 10 heteroatoms. The van der Waals surface area contributed by atoms with Gasteiger partial charge in [0.15, 0.2) is 11.4 Å². The quantitative estimate of drug-likeness (QED) is 0.318. The molecule has 4 aliphatic carbocycles. The molecule has 1 saturated carbocycles. The van der Waals surface area contributed by atoms with Gasteiger partial charge in [-0.25, -0.2) is 0 Å². The third-order valence-corrected chi connectivity index (χ3v) is 9.49. The maximum atomic E-state index is 14.0. The normalized spacial score (nSPS) is 34.3. The lowest BCUT2D eigenvalue weighted by Gasteiger charge is -2.53. The van der Waals surface area contributed by atoms with Gasteiger partial charge in [-0.3, -0.25) is 19.3 Å². The molecule has 0 saturated heterocycles. The average Bonchev–Trinajstić information content (AvgIpc) is 3.28. The Bertz CT molecular complexity index is 1340. The van der Waals surface area contributed by atoms with Gasteiger partial charge in [0.05, 0.1) is 23.6 Å². The number of aliphatic hydroxyl groups is 4. The second kappa shape index (κ2) is 8.39. The summed E-state index contributed by atoms with van der Waals surface area (Å²) in [6.45, 7) is 3.76. The predicted molar refractivity (Wildman–Crippen MR) is 136 cm³/mol. The molecule has 204 valence electrons. The minimum absolute atomic E-state index is 0.0314. The van der Waals surface area contributed by atoms with E-state index in [1.165, 1.54) is 19.0 Å². The third-order valence-electron chi connectivity index (χ3n) is 9.49. The van der Waals surface area contributed by atoms with Gasteiger partial charge in [0, 0.05) is 17.1 Å². The Kier molecular flexibility index (Phi) is 5.83. The van der Waals surface area contributed by atoms with Crippen molar-refractivity contribution in [1.29, 1.82) is 0 Å². The molecule has 4 aliphatic rings. The van der Waals surface area contributed by atoms with E-state index in [0.717, 1.165) is 25.7 Å². The Balaban J connectivity index is 1.76. The lowest BCUT2D eigenvalue weighted by Crippen LogP contribution is -2.68. The van der Waals surface area contributed by atoms with Crippen LogP contribution in [0.4, 0.5) is 0 Å². The minimum atomic E-state index is -2.91. The van der Waals surface area contributed by atoms with Crippen molar-refractivity contribution in [3.05, 3.63) is 51.5 Å². The van der Waals surface area contributed by atoms with Crippen molar-refractivity contribution in [2.45, 2.75) is 68.6 Å². The molecule has 0 radical (unpaired) electrons. The summed E-state index contributed by atoms with van der Waals surface area (Å²) < 4.78 is 0. The molecule has 1 aromatic rings. The van der Waals surface area contributed by atoms with E-state index >= 15 is 0 Å². The summed E-state index contributed by atoms with van der Waals surface area (Å²) in [6.07, 6.45) is 2.06. The smallest absolute Gasteiger partial charge is 0.255 e. The molecule has 5 rings (SSSR count). The van der Waals surface area contributed by atoms with Crippen LogP contribution in [0.2, 0.25) is 0 Å². The highest BCUT2D eigenvalue weighted by atomic mass is 16.4. The fourth-order valence-electron chi connectivity index (χ4n) is 7.53. The summed E-state index contributed by atoms with van der Waals surface area (Å²) in [5.41, 5.74) is 1.88. The van der Waals surface area contributed by atoms with E-state index in [2.05, 4.69) is 0 Å². The summed E-state index contributed by atoms with van der Waals surface area (Å²) in [7, 11) is 3.01. The number of Topliss-reactive ketones (excluding diaryl/α,β-unsaturated/α-hetero) is 2. The topological polar surface area (TPSA) is 182 Å². The van der Waals surface area contributed by atoms with E-state index in [9.17, 15) is 39.9 Å². The Morgan fingerprint density at radius 3 is 2.26 bits per heavy atom. The van der Waals surface area contributed by atoms with Gasteiger partial charge in [-0.05, 0) is 43.8 Å². The molecule has 1 amide bonds. The summed E-state index contributed by atoms with van der Waals surface area (Å²) in [4.78, 5) is 41.0. The van der Waals surface area contributed by atoms with Crippen molar-refractivity contribution in [2.24, 2.45) is 17.6 Å². The highest BCUT2D eigenvalue weighted by Gasteiger charge is 2.67. The van der Waals surface area contributed by atoms with Crippen LogP contribution >= 0.6 is 0 Å². The minimum Gasteiger partial charge on any atom is -0.510 e. The van der Waals surface area contributed by atoms with Crippen LogP contribution < -0.4 is 5.73 Å². The first kappa shape index (κ1) is 26.4. The number of primary amides is 1. The number of phenolic OH excluding ortho intramolecular Hbond substituents is 1. The van der Waals surface area contributed by atoms with Crippen molar-refractivity contribution in [2.75, 3.05) is 14.1 Å². The van der Waals surface area contributed by atoms with Gasteiger partial charge in [0.2, 0.25) is 5.78 Å². The molecule has 0 spiro atoms. The van der Waals surface area contributed by atoms with Crippen molar-refractivity contribution in [3.8, 4) is 5.75 Å². The fourth-order valence-corrected chi connectivity index (χ4v) is 7.53. The number of aromatic hydroxyl groups is 1. The molecule has 6 atom stereocenters. The molecular formula is C28H34N2O8. The van der Waals surface area contributed by atoms with Crippen molar-refractivity contribution in [3.63, 3.8) is 0 Å². The Hall–Kier alpha value is -3.21. The molecule has 0 aromatic heterocycles. The highest BCUT2D eigenvalue weighted by molar-refractivity contribution is 6.25. The molecule has 10 nitrogen and oxygen atoms in total. The van der Waals surface area contributed by atoms with Gasteiger partial charge in [-0.15, -0.1) is 0 Å². The van der Waals surface area contributed by atoms with Gasteiger partial charge in [-0.1, -0.05) is 38.8 Å². The van der Waals surface area contributed by atoms with Crippen LogP contribution in [0.25, 0.3) is 0 Å². The van der Waals surface area contributed by atoms with E-state index in [4.69, 9.17) is 5.73 Å². The molecule has 1 aromatic carbocycles. The summed E-state index contributed by atoms with van der Waals surface area (Å²) in [5.74, 6) is -8.65. The van der Waals surface area contributed by atoms with E-state index in [1.807, 2.05) is 13.0 Å². The van der Waals surface area contributed by atoms with Crippen molar-refractivity contribution >= 4 is 17.5 Å². The number of fused-ring (bicyclic) bond motifs is 3. The summed E-state index contributed by atoms with van der Waals surface area (Å²) >= 11 is 0. The molecular weight excluding hydrogens is 492 g/mol. The van der Waals surface area contributed by atoms with Crippen LogP contribution in [-0.2, 0) is 15.0 Å². The SMILES string of the molecule is C[C@H]1c2ccc(C3(C)CCCC3)c(O)c2C(=O)C2=C(O)[C@]3(O)C(=O)C(C(N)=O)=C(O)[C@H](N(C)C)[C@H]3[C@@H](O)[C@@H]21. The zero-order valence-corrected chi connectivity index (χ0v) is 21.9. The highest BCUT2D eigenvalue weighted by Crippen LogP contribution is 2.56. The van der Waals surface area contributed by atoms with Crippen molar-refractivity contribution in [1.82, 2.24) is 4.90 Å². The van der Waals surface area contributed by atoms with Gasteiger partial charge in [-0.2, -0.15) is 0 Å². The number of nitrogens with two attached hydrogens (primary N) is 1. The predicted octanol–water partition coefficient (Wildman–Crippen LogP) is 1.48. The lowest BCUT2D eigenvalue weighted by atomic mass is 9.55. The number of carbonyl (C=O) groups excluding carboxylic acids is 3. The van der Waals surface area contributed by atoms with Crippen LogP contribution in [-0.4, -0.2) is 79.7 Å². The molecule has 0 heterocycles. The summed E-state index contributed by atoms with van der Waals surface area (Å²) in [5, 5.41) is 57.2. The van der Waals surface area contributed by atoms with E-state index in [1.54, 1.807) is 13.0 Å². The number of benzene rings is 1. The zero-order valence-electron chi connectivity index (χ0n) is 21.9. The van der Waals surface area contributed by atoms with Crippen LogP contribution in [0.3, 0.4) is 0 Å². The molecule has 0 bridgehead atoms. The molecule has 0 aliphatic heterocycles. The maximum Gasteiger partial charge on any atom is 0.255 e. The summed E-state index contributed by atoms with van der Waals surface area (Å²) in [6, 6.07) is 2.29. The monoisotopic (exact) mass is 526 g/mol. The maximum absolute atomic E-state index is 14.0. The number of phenols is 1. The van der Waals surface area contributed by atoms with E-state index in [0.29, 0.717) is 11.1 Å². The van der Waals surface area contributed by atoms with Crippen LogP contribution in [0.15, 0.2) is 34.8 Å². The number of hydrogen-bond acceptors (Lipinski definition) is 9. The lowest BCUT2D eigenvalue weighted by molar-refractivity contribution is -0.162. The second-order valence-corrected chi connectivity index (χ2v) is 11.7. The third kappa shape index (κ3) is 3.14. The van der Waals surface area contributed by atoms with Crippen molar-refractivity contribution < 1.29 is 39.9 Å². The molecule has 0 unspecified atom stereocenters. The first-order valence-electron chi connectivity index (χ1n) is 12.9. The van der Waals surface area contributed by atoms with Crippen LogP contribution in [0.1, 0.15) is 66.9 Å². The zero-order chi connectivity index (χ0) is 28.1. The Morgan fingerprint density at radius 2 is 1.71 bits per heavy atom. The standard InChI is InChI=1S/C28H34N2O8/c1-11-12-7-8-13(27(2)9-5-6-10-27)20(31)15(12)21(32)16-14(11)22(33)18-19(30(3)4)23(34)17(26(29)37)25(36)28(18,38)24(16)35/h7-8,11,14,18-19,22,31,33-35,38H,5-6,9-10H2,1-4H3,(H2,29,37)/t11-,14+,18-,19+,22-,28-/m0/s1. The van der Waals surface area contributed by atoms with Gasteiger partial charge in [0.1, 0.15) is 22.8 Å². The van der Waals surface area contributed by atoms with Gasteiger partial charge < -0.3 is 31.3 Å². The molecule has 1 fully saturated rings. The molecule has 38 heavy (non-hydrogen) atoms. The number of hydrogen-bond donors (Lipinski definition) is 6. The first-order valence-corrected chi connectivity index (χ1v) is 12.9. The van der Waals surface area contributed by atoms with E-state index in [-0.39, 0.29) is 16.7 Å². The number of likely N-dealkylation sites (N-methyl/N-ethyl adjacent to an activating group) is 1. The number of amides is 1. The number of ketones is 2. The number of carbonyl (C=O) groups is 3. The first-order chi connectivity index (χ1) is 17.7. The van der Waals surface area contributed by atoms with Crippen LogP contribution in [0, 0.1) is 11.8 Å². The van der Waals surface area contributed by atoms with Crippen LogP contribution in [0.5, 0.6) is 5.75 Å². The van der Waals surface area contributed by atoms with Gasteiger partial charge in [0.25, 0.3) is 5.91 Å². The fraction of sp³-hybridized carbons (Fsp3) is 0.536.